The lowest BCUT2D eigenvalue weighted by molar-refractivity contribution is 0.0935. The third-order valence-corrected chi connectivity index (χ3v) is 5.34. The number of nitrogens with one attached hydrogen (secondary N) is 2. The van der Waals surface area contributed by atoms with Crippen LogP contribution in [0.2, 0.25) is 0 Å². The van der Waals surface area contributed by atoms with Gasteiger partial charge in [0.15, 0.2) is 0 Å². The molecule has 26 heavy (non-hydrogen) atoms. The van der Waals surface area contributed by atoms with Crippen LogP contribution in [0, 0.1) is 0 Å². The summed E-state index contributed by atoms with van der Waals surface area (Å²) in [7, 11) is -1.72. The zero-order valence-electron chi connectivity index (χ0n) is 15.2. The van der Waals surface area contributed by atoms with Crippen LogP contribution >= 0.6 is 0 Å². The fraction of sp³-hybridized carbons (Fsp3) is 0.316. The molecule has 0 radical (unpaired) electrons. The summed E-state index contributed by atoms with van der Waals surface area (Å²) in [6.07, 6.45) is 0.743. The topological polar surface area (TPSA) is 84.5 Å². The molecule has 2 aromatic rings. The number of amides is 1. The molecule has 1 atom stereocenters. The smallest absolute Gasteiger partial charge is 0.251 e. The molecule has 2 rings (SSSR count). The molecular formula is C19H24N2O4S. The molecule has 1 amide bonds. The van der Waals surface area contributed by atoms with Crippen molar-refractivity contribution in [2.45, 2.75) is 26.3 Å². The van der Waals surface area contributed by atoms with E-state index in [2.05, 4.69) is 10.0 Å². The van der Waals surface area contributed by atoms with Gasteiger partial charge in [0.25, 0.3) is 5.91 Å². The molecule has 140 valence electrons. The first-order valence-electron chi connectivity index (χ1n) is 8.44. The van der Waals surface area contributed by atoms with Crippen molar-refractivity contribution in [3.05, 3.63) is 59.7 Å². The predicted molar refractivity (Wildman–Crippen MR) is 103 cm³/mol. The summed E-state index contributed by atoms with van der Waals surface area (Å²) in [5.41, 5.74) is 1.90. The first-order valence-corrected chi connectivity index (χ1v) is 10.1. The average Bonchev–Trinajstić information content (AvgIpc) is 2.66. The Labute approximate surface area is 154 Å². The van der Waals surface area contributed by atoms with E-state index in [0.29, 0.717) is 11.3 Å². The van der Waals surface area contributed by atoms with E-state index in [1.54, 1.807) is 38.3 Å². The molecule has 6 nitrogen and oxygen atoms in total. The van der Waals surface area contributed by atoms with Gasteiger partial charge < -0.3 is 10.1 Å². The van der Waals surface area contributed by atoms with E-state index in [0.717, 1.165) is 17.7 Å². The number of rotatable bonds is 8. The molecule has 0 aromatic heterocycles. The quantitative estimate of drug-likeness (QED) is 0.740. The normalized spacial score (nSPS) is 12.3. The van der Waals surface area contributed by atoms with E-state index >= 15 is 0 Å². The molecule has 0 spiro atoms. The van der Waals surface area contributed by atoms with Crippen LogP contribution in [0.25, 0.3) is 0 Å². The zero-order valence-corrected chi connectivity index (χ0v) is 16.0. The second-order valence-electron chi connectivity index (χ2n) is 5.79. The number of methoxy groups -OCH3 is 1. The summed E-state index contributed by atoms with van der Waals surface area (Å²) in [4.78, 5) is 12.5. The van der Waals surface area contributed by atoms with Gasteiger partial charge in [-0.25, -0.2) is 8.42 Å². The Hall–Kier alpha value is -2.54. The van der Waals surface area contributed by atoms with Crippen molar-refractivity contribution < 1.29 is 17.9 Å². The lowest BCUT2D eigenvalue weighted by Crippen LogP contribution is -2.28. The molecule has 0 saturated heterocycles. The van der Waals surface area contributed by atoms with Crippen LogP contribution in [0.4, 0.5) is 5.69 Å². The second kappa shape index (κ2) is 8.71. The van der Waals surface area contributed by atoms with Gasteiger partial charge in [-0.2, -0.15) is 0 Å². The van der Waals surface area contributed by atoms with E-state index in [-0.39, 0.29) is 17.7 Å². The Morgan fingerprint density at radius 3 is 2.15 bits per heavy atom. The third-order valence-electron chi connectivity index (χ3n) is 4.03. The fourth-order valence-corrected chi connectivity index (χ4v) is 3.08. The van der Waals surface area contributed by atoms with Crippen LogP contribution in [-0.4, -0.2) is 27.2 Å². The lowest BCUT2D eigenvalue weighted by Gasteiger charge is -2.18. The van der Waals surface area contributed by atoms with Gasteiger partial charge in [-0.15, -0.1) is 0 Å². The zero-order chi connectivity index (χ0) is 19.2. The summed E-state index contributed by atoms with van der Waals surface area (Å²) < 4.78 is 30.8. The van der Waals surface area contributed by atoms with Crippen molar-refractivity contribution in [2.75, 3.05) is 17.6 Å². The Morgan fingerprint density at radius 1 is 1.04 bits per heavy atom. The minimum absolute atomic E-state index is 0.00468. The highest BCUT2D eigenvalue weighted by atomic mass is 32.2. The van der Waals surface area contributed by atoms with Gasteiger partial charge in [0.1, 0.15) is 5.75 Å². The van der Waals surface area contributed by atoms with Crippen LogP contribution < -0.4 is 14.8 Å². The molecule has 0 saturated carbocycles. The highest BCUT2D eigenvalue weighted by Crippen LogP contribution is 2.21. The van der Waals surface area contributed by atoms with Gasteiger partial charge in [-0.05, 0) is 55.3 Å². The maximum Gasteiger partial charge on any atom is 0.251 e. The molecule has 0 bridgehead atoms. The average molecular weight is 376 g/mol. The molecule has 2 aromatic carbocycles. The maximum absolute atomic E-state index is 12.5. The highest BCUT2D eigenvalue weighted by molar-refractivity contribution is 7.92. The maximum atomic E-state index is 12.5. The Balaban J connectivity index is 2.07. The lowest BCUT2D eigenvalue weighted by atomic mass is 10.0. The first-order chi connectivity index (χ1) is 12.4. The van der Waals surface area contributed by atoms with Gasteiger partial charge in [-0.3, -0.25) is 9.52 Å². The minimum atomic E-state index is -3.33. The van der Waals surface area contributed by atoms with Crippen LogP contribution in [0.3, 0.4) is 0 Å². The monoisotopic (exact) mass is 376 g/mol. The van der Waals surface area contributed by atoms with Gasteiger partial charge in [-0.1, -0.05) is 19.1 Å². The van der Waals surface area contributed by atoms with Crippen molar-refractivity contribution in [1.29, 1.82) is 0 Å². The largest absolute Gasteiger partial charge is 0.497 e. The van der Waals surface area contributed by atoms with Crippen molar-refractivity contribution in [3.63, 3.8) is 0 Å². The fourth-order valence-electron chi connectivity index (χ4n) is 2.44. The van der Waals surface area contributed by atoms with Gasteiger partial charge in [0.2, 0.25) is 10.0 Å². The number of carbonyl (C=O) groups excluding carboxylic acids is 1. The highest BCUT2D eigenvalue weighted by Gasteiger charge is 2.15. The van der Waals surface area contributed by atoms with Gasteiger partial charge in [0.05, 0.1) is 18.9 Å². The molecule has 0 fully saturated rings. The third kappa shape index (κ3) is 5.23. The molecular weight excluding hydrogens is 352 g/mol. The van der Waals surface area contributed by atoms with Gasteiger partial charge >= 0.3 is 0 Å². The second-order valence-corrected chi connectivity index (χ2v) is 7.80. The predicted octanol–water partition coefficient (Wildman–Crippen LogP) is 3.34. The molecule has 0 unspecified atom stereocenters. The van der Waals surface area contributed by atoms with Crippen molar-refractivity contribution in [1.82, 2.24) is 5.32 Å². The Morgan fingerprint density at radius 2 is 1.65 bits per heavy atom. The Bertz CT molecular complexity index is 831. The number of ether oxygens (including phenoxy) is 1. The van der Waals surface area contributed by atoms with Crippen molar-refractivity contribution >= 4 is 21.6 Å². The molecule has 0 aliphatic carbocycles. The molecule has 0 aliphatic heterocycles. The summed E-state index contributed by atoms with van der Waals surface area (Å²) in [5.74, 6) is 0.549. The van der Waals surface area contributed by atoms with E-state index in [1.807, 2.05) is 31.2 Å². The van der Waals surface area contributed by atoms with Crippen molar-refractivity contribution in [2.24, 2.45) is 0 Å². The van der Waals surface area contributed by atoms with Gasteiger partial charge in [0, 0.05) is 11.3 Å². The number of hydrogen-bond donors (Lipinski definition) is 2. The van der Waals surface area contributed by atoms with Crippen molar-refractivity contribution in [3.8, 4) is 5.75 Å². The Kier molecular flexibility index (Phi) is 6.63. The van der Waals surface area contributed by atoms with Crippen LogP contribution in [0.5, 0.6) is 5.75 Å². The number of carbonyl (C=O) groups is 1. The molecule has 2 N–H and O–H groups in total. The van der Waals surface area contributed by atoms with E-state index in [1.165, 1.54) is 0 Å². The first kappa shape index (κ1) is 19.8. The summed E-state index contributed by atoms with van der Waals surface area (Å²) in [6.45, 7) is 3.56. The number of anilines is 1. The van der Waals surface area contributed by atoms with E-state index in [4.69, 9.17) is 4.74 Å². The molecule has 0 aliphatic rings. The van der Waals surface area contributed by atoms with Crippen LogP contribution in [0.1, 0.15) is 42.2 Å². The van der Waals surface area contributed by atoms with E-state index in [9.17, 15) is 13.2 Å². The summed E-state index contributed by atoms with van der Waals surface area (Å²) in [6, 6.07) is 13.8. The molecule has 7 heteroatoms. The SMILES string of the molecule is CC[C@@H](NC(=O)c1ccc(NS(=O)(=O)CC)cc1)c1ccc(OC)cc1. The number of benzene rings is 2. The van der Waals surface area contributed by atoms with Crippen LogP contribution in [-0.2, 0) is 10.0 Å². The summed E-state index contributed by atoms with van der Waals surface area (Å²) in [5, 5.41) is 3.00. The standard InChI is InChI=1S/C19H24N2O4S/c1-4-18(14-8-12-17(25-3)13-9-14)20-19(22)15-6-10-16(11-7-15)21-26(23,24)5-2/h6-13,18,21H,4-5H2,1-3H3,(H,20,22)/t18-/m1/s1. The summed E-state index contributed by atoms with van der Waals surface area (Å²) >= 11 is 0. The molecule has 0 heterocycles. The number of sulfonamides is 1. The minimum Gasteiger partial charge on any atom is -0.497 e. The van der Waals surface area contributed by atoms with E-state index < -0.39 is 10.0 Å². The number of hydrogen-bond acceptors (Lipinski definition) is 4. The van der Waals surface area contributed by atoms with Crippen LogP contribution in [0.15, 0.2) is 48.5 Å².